The Morgan fingerprint density at radius 1 is 1.07 bits per heavy atom. The van der Waals surface area contributed by atoms with Crippen LogP contribution in [0, 0.1) is 12.7 Å². The second-order valence-corrected chi connectivity index (χ2v) is 8.48. The van der Waals surface area contributed by atoms with Crippen LogP contribution < -0.4 is 4.72 Å². The second kappa shape index (κ2) is 8.08. The highest BCUT2D eigenvalue weighted by atomic mass is 32.2. The molecule has 0 radical (unpaired) electrons. The summed E-state index contributed by atoms with van der Waals surface area (Å²) >= 11 is 0. The summed E-state index contributed by atoms with van der Waals surface area (Å²) in [7, 11) is -3.81. The van der Waals surface area contributed by atoms with Crippen LogP contribution in [-0.2, 0) is 21.2 Å². The first-order valence-electron chi connectivity index (χ1n) is 9.01. The quantitative estimate of drug-likeness (QED) is 0.850. The van der Waals surface area contributed by atoms with E-state index in [9.17, 15) is 17.6 Å². The van der Waals surface area contributed by atoms with Gasteiger partial charge >= 0.3 is 0 Å². The summed E-state index contributed by atoms with van der Waals surface area (Å²) in [5, 5.41) is 0. The van der Waals surface area contributed by atoms with Crippen molar-refractivity contribution in [1.82, 2.24) is 4.90 Å². The van der Waals surface area contributed by atoms with Crippen LogP contribution in [0.1, 0.15) is 30.4 Å². The summed E-state index contributed by atoms with van der Waals surface area (Å²) in [6.07, 6.45) is 3.58. The fourth-order valence-electron chi connectivity index (χ4n) is 3.24. The number of rotatable bonds is 5. The molecule has 144 valence electrons. The number of carbonyl (C=O) groups is 1. The van der Waals surface area contributed by atoms with Crippen molar-refractivity contribution < 1.29 is 17.6 Å². The molecule has 0 aliphatic carbocycles. The van der Waals surface area contributed by atoms with E-state index >= 15 is 0 Å². The first kappa shape index (κ1) is 19.4. The number of sulfonamides is 1. The van der Waals surface area contributed by atoms with Gasteiger partial charge in [-0.3, -0.25) is 9.52 Å². The maximum absolute atomic E-state index is 13.2. The monoisotopic (exact) mass is 390 g/mol. The van der Waals surface area contributed by atoms with Gasteiger partial charge in [0.05, 0.1) is 11.3 Å². The number of hydrogen-bond donors (Lipinski definition) is 1. The van der Waals surface area contributed by atoms with Crippen molar-refractivity contribution >= 4 is 21.6 Å². The van der Waals surface area contributed by atoms with E-state index in [1.54, 1.807) is 31.2 Å². The molecule has 7 heteroatoms. The lowest BCUT2D eigenvalue weighted by Crippen LogP contribution is -2.36. The van der Waals surface area contributed by atoms with Crippen LogP contribution >= 0.6 is 0 Å². The van der Waals surface area contributed by atoms with Gasteiger partial charge in [0.2, 0.25) is 5.91 Å². The molecule has 0 unspecified atom stereocenters. The minimum atomic E-state index is -3.81. The maximum Gasteiger partial charge on any atom is 0.262 e. The number of anilines is 1. The van der Waals surface area contributed by atoms with E-state index < -0.39 is 15.8 Å². The number of amides is 1. The Morgan fingerprint density at radius 2 is 1.74 bits per heavy atom. The molecule has 2 aromatic rings. The van der Waals surface area contributed by atoms with E-state index in [1.165, 1.54) is 18.6 Å². The Bertz CT molecular complexity index is 921. The molecule has 3 rings (SSSR count). The van der Waals surface area contributed by atoms with Gasteiger partial charge in [-0.1, -0.05) is 12.1 Å². The molecule has 1 saturated heterocycles. The standard InChI is InChI=1S/C20H23FN2O3S/c1-15-13-17(21)7-10-19(15)27(25,26)22-18-8-5-16(6-9-18)14-20(24)23-11-3-2-4-12-23/h5-10,13,22H,2-4,11-12,14H2,1H3. The number of nitrogens with zero attached hydrogens (tertiary/aromatic N) is 1. The topological polar surface area (TPSA) is 66.5 Å². The van der Waals surface area contributed by atoms with Crippen LogP contribution in [0.5, 0.6) is 0 Å². The number of benzene rings is 2. The van der Waals surface area contributed by atoms with Crippen LogP contribution in [0.4, 0.5) is 10.1 Å². The molecule has 0 saturated carbocycles. The predicted molar refractivity (Wildman–Crippen MR) is 103 cm³/mol. The summed E-state index contributed by atoms with van der Waals surface area (Å²) in [6, 6.07) is 10.3. The van der Waals surface area contributed by atoms with Crippen molar-refractivity contribution in [3.05, 3.63) is 59.4 Å². The highest BCUT2D eigenvalue weighted by Gasteiger charge is 2.18. The molecular formula is C20H23FN2O3S. The average molecular weight is 390 g/mol. The largest absolute Gasteiger partial charge is 0.342 e. The number of nitrogens with one attached hydrogen (secondary N) is 1. The first-order chi connectivity index (χ1) is 12.8. The number of carbonyl (C=O) groups excluding carboxylic acids is 1. The molecule has 2 aromatic carbocycles. The summed E-state index contributed by atoms with van der Waals surface area (Å²) in [5.41, 5.74) is 1.57. The van der Waals surface area contributed by atoms with Crippen molar-refractivity contribution in [2.24, 2.45) is 0 Å². The number of hydrogen-bond acceptors (Lipinski definition) is 3. The molecule has 5 nitrogen and oxygen atoms in total. The normalized spacial score (nSPS) is 14.8. The number of aryl methyl sites for hydroxylation is 1. The number of likely N-dealkylation sites (tertiary alicyclic amines) is 1. The summed E-state index contributed by atoms with van der Waals surface area (Å²) in [5.74, 6) is -0.376. The van der Waals surface area contributed by atoms with Gasteiger partial charge in [0, 0.05) is 18.8 Å². The van der Waals surface area contributed by atoms with Crippen LogP contribution in [0.3, 0.4) is 0 Å². The lowest BCUT2D eigenvalue weighted by molar-refractivity contribution is -0.131. The van der Waals surface area contributed by atoms with Crippen molar-refractivity contribution in [2.45, 2.75) is 37.5 Å². The number of halogens is 1. The van der Waals surface area contributed by atoms with Gasteiger partial charge < -0.3 is 4.90 Å². The fraction of sp³-hybridized carbons (Fsp3) is 0.350. The SMILES string of the molecule is Cc1cc(F)ccc1S(=O)(=O)Nc1ccc(CC(=O)N2CCCCC2)cc1. The Balaban J connectivity index is 1.67. The molecule has 1 aliphatic rings. The summed E-state index contributed by atoms with van der Waals surface area (Å²) < 4.78 is 40.7. The van der Waals surface area contributed by atoms with Crippen molar-refractivity contribution in [1.29, 1.82) is 0 Å². The molecule has 1 heterocycles. The Kier molecular flexibility index (Phi) is 5.79. The predicted octanol–water partition coefficient (Wildman–Crippen LogP) is 3.49. The third-order valence-corrected chi connectivity index (χ3v) is 6.24. The van der Waals surface area contributed by atoms with Crippen LogP contribution in [0.15, 0.2) is 47.4 Å². The molecule has 0 atom stereocenters. The minimum absolute atomic E-state index is 0.0354. The highest BCUT2D eigenvalue weighted by Crippen LogP contribution is 2.21. The molecular weight excluding hydrogens is 367 g/mol. The van der Waals surface area contributed by atoms with Crippen LogP contribution in [0.2, 0.25) is 0 Å². The molecule has 0 spiro atoms. The van der Waals surface area contributed by atoms with E-state index in [2.05, 4.69) is 4.72 Å². The van der Waals surface area contributed by atoms with Gasteiger partial charge in [-0.25, -0.2) is 12.8 Å². The van der Waals surface area contributed by atoms with E-state index in [0.717, 1.165) is 37.6 Å². The average Bonchev–Trinajstić information content (AvgIpc) is 2.63. The third-order valence-electron chi connectivity index (χ3n) is 4.70. The van der Waals surface area contributed by atoms with E-state index in [4.69, 9.17) is 0 Å². The number of piperidine rings is 1. The lowest BCUT2D eigenvalue weighted by atomic mass is 10.1. The smallest absolute Gasteiger partial charge is 0.262 e. The van der Waals surface area contributed by atoms with E-state index in [1.807, 2.05) is 4.90 Å². The third kappa shape index (κ3) is 4.86. The zero-order valence-corrected chi connectivity index (χ0v) is 16.1. The molecule has 0 bridgehead atoms. The maximum atomic E-state index is 13.2. The van der Waals surface area contributed by atoms with Crippen LogP contribution in [0.25, 0.3) is 0 Å². The van der Waals surface area contributed by atoms with Gasteiger partial charge in [-0.15, -0.1) is 0 Å². The van der Waals surface area contributed by atoms with Gasteiger partial charge in [0.15, 0.2) is 0 Å². The lowest BCUT2D eigenvalue weighted by Gasteiger charge is -2.26. The second-order valence-electron chi connectivity index (χ2n) is 6.83. The van der Waals surface area contributed by atoms with Crippen molar-refractivity contribution in [2.75, 3.05) is 17.8 Å². The molecule has 0 aromatic heterocycles. The van der Waals surface area contributed by atoms with Gasteiger partial charge in [0.1, 0.15) is 5.82 Å². The van der Waals surface area contributed by atoms with E-state index in [-0.39, 0.29) is 10.8 Å². The molecule has 1 fully saturated rings. The summed E-state index contributed by atoms with van der Waals surface area (Å²) in [6.45, 7) is 3.18. The fourth-order valence-corrected chi connectivity index (χ4v) is 4.53. The molecule has 1 N–H and O–H groups in total. The van der Waals surface area contributed by atoms with E-state index in [0.29, 0.717) is 17.7 Å². The van der Waals surface area contributed by atoms with Gasteiger partial charge in [-0.2, -0.15) is 0 Å². The molecule has 1 amide bonds. The Morgan fingerprint density at radius 3 is 2.37 bits per heavy atom. The summed E-state index contributed by atoms with van der Waals surface area (Å²) in [4.78, 5) is 14.2. The van der Waals surface area contributed by atoms with Crippen molar-refractivity contribution in [3.8, 4) is 0 Å². The van der Waals surface area contributed by atoms with Crippen molar-refractivity contribution in [3.63, 3.8) is 0 Å². The Labute approximate surface area is 159 Å². The van der Waals surface area contributed by atoms with Gasteiger partial charge in [-0.05, 0) is 67.6 Å². The zero-order valence-electron chi connectivity index (χ0n) is 15.2. The highest BCUT2D eigenvalue weighted by molar-refractivity contribution is 7.92. The van der Waals surface area contributed by atoms with Crippen LogP contribution in [-0.4, -0.2) is 32.3 Å². The first-order valence-corrected chi connectivity index (χ1v) is 10.5. The Hall–Kier alpha value is -2.41. The molecule has 1 aliphatic heterocycles. The minimum Gasteiger partial charge on any atom is -0.342 e. The van der Waals surface area contributed by atoms with Gasteiger partial charge in [0.25, 0.3) is 10.0 Å². The molecule has 27 heavy (non-hydrogen) atoms. The zero-order chi connectivity index (χ0) is 19.4.